The zero-order valence-electron chi connectivity index (χ0n) is 14.9. The zero-order chi connectivity index (χ0) is 19.2. The van der Waals surface area contributed by atoms with Crippen LogP contribution in [0, 0.1) is 0 Å². The minimum atomic E-state index is -0.246. The number of nitrogens with one attached hydrogen (secondary N) is 2. The fraction of sp³-hybridized carbons (Fsp3) is 0.150. The van der Waals surface area contributed by atoms with Crippen molar-refractivity contribution in [3.05, 3.63) is 66.2 Å². The van der Waals surface area contributed by atoms with E-state index in [0.29, 0.717) is 17.5 Å². The van der Waals surface area contributed by atoms with E-state index in [2.05, 4.69) is 22.1 Å². The van der Waals surface area contributed by atoms with Crippen LogP contribution >= 0.6 is 11.8 Å². The number of carbonyl (C=O) groups excluding carboxylic acids is 1. The maximum atomic E-state index is 12.2. The second kappa shape index (κ2) is 8.55. The standard InChI is InChI=1S/C20H20N4O2S/c1-3-7-14-8-6-9-15(19(14)26)12-21-23-18(25)13-27-20-22-16-10-4-5-11-17(16)24(20)2/h3-6,8-12H,1,7,13H2,2H3,(H2,21,23,25,26). The first-order valence-corrected chi connectivity index (χ1v) is 9.40. The van der Waals surface area contributed by atoms with Crippen molar-refractivity contribution in [1.29, 1.82) is 0 Å². The molecule has 0 aliphatic heterocycles. The van der Waals surface area contributed by atoms with Crippen LogP contribution in [0.5, 0.6) is 5.75 Å². The minimum Gasteiger partial charge on any atom is -0.872 e. The maximum Gasteiger partial charge on any atom is 0.317 e. The number of hydrazone groups is 1. The van der Waals surface area contributed by atoms with Crippen LogP contribution in [0.4, 0.5) is 0 Å². The molecule has 1 aromatic heterocycles. The molecule has 0 aliphatic rings. The first kappa shape index (κ1) is 18.7. The van der Waals surface area contributed by atoms with Crippen molar-refractivity contribution in [1.82, 2.24) is 10.4 Å². The van der Waals surface area contributed by atoms with E-state index in [0.717, 1.165) is 16.2 Å². The molecule has 0 spiro atoms. The summed E-state index contributed by atoms with van der Waals surface area (Å²) in [4.78, 5) is 15.3. The number of H-pyrrole nitrogens is 1. The number of thioether (sulfide) groups is 1. The van der Waals surface area contributed by atoms with Crippen LogP contribution in [0.1, 0.15) is 11.1 Å². The van der Waals surface area contributed by atoms with E-state index in [1.54, 1.807) is 24.3 Å². The molecule has 6 nitrogen and oxygen atoms in total. The van der Waals surface area contributed by atoms with Crippen molar-refractivity contribution < 1.29 is 14.5 Å². The van der Waals surface area contributed by atoms with Crippen molar-refractivity contribution in [2.75, 3.05) is 5.75 Å². The molecule has 1 amide bonds. The summed E-state index contributed by atoms with van der Waals surface area (Å²) in [5.41, 5.74) is 5.64. The van der Waals surface area contributed by atoms with Crippen LogP contribution in [0.25, 0.3) is 11.0 Å². The van der Waals surface area contributed by atoms with Crippen molar-refractivity contribution in [2.24, 2.45) is 12.1 Å². The Bertz CT molecular complexity index is 1010. The normalized spacial score (nSPS) is 11.1. The van der Waals surface area contributed by atoms with Crippen molar-refractivity contribution in [2.45, 2.75) is 11.6 Å². The van der Waals surface area contributed by atoms with Gasteiger partial charge < -0.3 is 5.11 Å². The Morgan fingerprint density at radius 2 is 2.15 bits per heavy atom. The van der Waals surface area contributed by atoms with Crippen LogP contribution in [0.15, 0.2) is 65.4 Å². The average Bonchev–Trinajstić information content (AvgIpc) is 2.99. The molecule has 0 atom stereocenters. The van der Waals surface area contributed by atoms with Crippen LogP contribution in [0.2, 0.25) is 0 Å². The molecular weight excluding hydrogens is 360 g/mol. The molecule has 0 saturated carbocycles. The highest BCUT2D eigenvalue weighted by molar-refractivity contribution is 7.99. The summed E-state index contributed by atoms with van der Waals surface area (Å²) in [6.45, 7) is 3.64. The first-order chi connectivity index (χ1) is 13.1. The van der Waals surface area contributed by atoms with Gasteiger partial charge in [0, 0.05) is 0 Å². The van der Waals surface area contributed by atoms with Gasteiger partial charge in [-0.2, -0.15) is 5.10 Å². The quantitative estimate of drug-likeness (QED) is 0.216. The molecule has 0 radical (unpaired) electrons. The number of fused-ring (bicyclic) bond motifs is 1. The first-order valence-electron chi connectivity index (χ1n) is 8.41. The Labute approximate surface area is 161 Å². The predicted octanol–water partition coefficient (Wildman–Crippen LogP) is 2.04. The fourth-order valence-corrected chi connectivity index (χ4v) is 3.48. The van der Waals surface area contributed by atoms with Gasteiger partial charge in [0.15, 0.2) is 11.0 Å². The number of aromatic nitrogens is 2. The van der Waals surface area contributed by atoms with Gasteiger partial charge in [-0.1, -0.05) is 47.7 Å². The highest BCUT2D eigenvalue weighted by Gasteiger charge is 2.16. The molecule has 0 saturated heterocycles. The smallest absolute Gasteiger partial charge is 0.317 e. The van der Waals surface area contributed by atoms with Gasteiger partial charge in [-0.3, -0.25) is 4.79 Å². The number of aromatic amines is 1. The second-order valence-corrected chi connectivity index (χ2v) is 6.88. The zero-order valence-corrected chi connectivity index (χ0v) is 15.8. The summed E-state index contributed by atoms with van der Waals surface area (Å²) in [6.07, 6.45) is 3.56. The van der Waals surface area contributed by atoms with E-state index in [4.69, 9.17) is 0 Å². The number of rotatable bonds is 7. The Balaban J connectivity index is 1.58. The second-order valence-electron chi connectivity index (χ2n) is 5.92. The number of para-hydroxylation sites is 3. The van der Waals surface area contributed by atoms with Gasteiger partial charge in [-0.25, -0.2) is 15.0 Å². The lowest BCUT2D eigenvalue weighted by atomic mass is 10.1. The van der Waals surface area contributed by atoms with Gasteiger partial charge in [0.05, 0.1) is 19.0 Å². The number of benzene rings is 2. The van der Waals surface area contributed by atoms with E-state index < -0.39 is 0 Å². The molecule has 2 N–H and O–H groups in total. The van der Waals surface area contributed by atoms with Crippen molar-refractivity contribution in [3.8, 4) is 5.75 Å². The lowest BCUT2D eigenvalue weighted by Gasteiger charge is -2.15. The number of carbonyl (C=O) groups is 1. The Morgan fingerprint density at radius 3 is 2.93 bits per heavy atom. The lowest BCUT2D eigenvalue weighted by molar-refractivity contribution is -0.683. The Morgan fingerprint density at radius 1 is 1.33 bits per heavy atom. The fourth-order valence-electron chi connectivity index (χ4n) is 2.68. The van der Waals surface area contributed by atoms with Crippen LogP contribution in [0.3, 0.4) is 0 Å². The summed E-state index contributed by atoms with van der Waals surface area (Å²) in [5.74, 6) is -0.141. The average molecular weight is 380 g/mol. The summed E-state index contributed by atoms with van der Waals surface area (Å²) in [6, 6.07) is 13.2. The molecule has 3 aromatic rings. The highest BCUT2D eigenvalue weighted by Crippen LogP contribution is 2.19. The van der Waals surface area contributed by atoms with Crippen LogP contribution in [-0.4, -0.2) is 22.9 Å². The highest BCUT2D eigenvalue weighted by atomic mass is 32.2. The van der Waals surface area contributed by atoms with Crippen LogP contribution in [-0.2, 0) is 18.3 Å². The van der Waals surface area contributed by atoms with Gasteiger partial charge in [-0.05, 0) is 35.9 Å². The van der Waals surface area contributed by atoms with Gasteiger partial charge in [0.1, 0.15) is 0 Å². The number of allylic oxidation sites excluding steroid dienone is 1. The molecule has 27 heavy (non-hydrogen) atoms. The minimum absolute atomic E-state index is 0.102. The molecule has 0 fully saturated rings. The SMILES string of the molecule is C=CCc1cccc(/C=N/NC(=O)CSc2[nH]c3ccccc3[n+]2C)c1[O-]. The summed E-state index contributed by atoms with van der Waals surface area (Å²) >= 11 is 1.39. The molecule has 3 rings (SSSR count). The molecule has 0 aliphatic carbocycles. The molecular formula is C20H20N4O2S. The number of hydrogen-bond donors (Lipinski definition) is 2. The third-order valence-corrected chi connectivity index (χ3v) is 5.09. The molecule has 2 aromatic carbocycles. The van der Waals surface area contributed by atoms with E-state index in [1.807, 2.05) is 35.9 Å². The number of imidazole rings is 1. The third kappa shape index (κ3) is 4.38. The molecule has 0 bridgehead atoms. The van der Waals surface area contributed by atoms with E-state index in [9.17, 15) is 9.90 Å². The maximum absolute atomic E-state index is 12.2. The summed E-state index contributed by atoms with van der Waals surface area (Å²) in [7, 11) is 1.95. The monoisotopic (exact) mass is 380 g/mol. The Kier molecular flexibility index (Phi) is 5.93. The van der Waals surface area contributed by atoms with E-state index in [-0.39, 0.29) is 17.4 Å². The topological polar surface area (TPSA) is 84.2 Å². The van der Waals surface area contributed by atoms with E-state index >= 15 is 0 Å². The molecule has 138 valence electrons. The van der Waals surface area contributed by atoms with Gasteiger partial charge >= 0.3 is 5.16 Å². The number of nitrogens with zero attached hydrogens (tertiary/aromatic N) is 2. The number of aryl methyl sites for hydroxylation is 1. The largest absolute Gasteiger partial charge is 0.872 e. The van der Waals surface area contributed by atoms with Crippen molar-refractivity contribution >= 4 is 34.9 Å². The summed E-state index contributed by atoms with van der Waals surface area (Å²) < 4.78 is 2.01. The van der Waals surface area contributed by atoms with Gasteiger partial charge in [0.25, 0.3) is 5.91 Å². The summed E-state index contributed by atoms with van der Waals surface area (Å²) in [5, 5.41) is 17.0. The predicted molar refractivity (Wildman–Crippen MR) is 106 cm³/mol. The van der Waals surface area contributed by atoms with Gasteiger partial charge in [0.2, 0.25) is 0 Å². The lowest BCUT2D eigenvalue weighted by Crippen LogP contribution is -2.30. The molecule has 7 heteroatoms. The van der Waals surface area contributed by atoms with E-state index in [1.165, 1.54) is 18.0 Å². The van der Waals surface area contributed by atoms with Gasteiger partial charge in [-0.15, -0.1) is 6.58 Å². The number of hydrogen-bond acceptors (Lipinski definition) is 4. The molecule has 1 heterocycles. The van der Waals surface area contributed by atoms with Crippen LogP contribution < -0.4 is 15.1 Å². The number of amides is 1. The third-order valence-electron chi connectivity index (χ3n) is 4.04. The Hall–Kier alpha value is -3.06. The molecule has 0 unspecified atom stereocenters. The van der Waals surface area contributed by atoms with Crippen molar-refractivity contribution in [3.63, 3.8) is 0 Å².